The number of aryl methyl sites for hydroxylation is 1. The molecule has 1 N–H and O–H groups in total. The molecule has 26 heavy (non-hydrogen) atoms. The van der Waals surface area contributed by atoms with E-state index in [1.165, 1.54) is 6.20 Å². The van der Waals surface area contributed by atoms with E-state index in [9.17, 15) is 9.90 Å². The molecule has 0 aliphatic carbocycles. The van der Waals surface area contributed by atoms with Gasteiger partial charge < -0.3 is 9.84 Å². The lowest BCUT2D eigenvalue weighted by Crippen LogP contribution is -2.23. The van der Waals surface area contributed by atoms with Crippen molar-refractivity contribution >= 4 is 17.0 Å². The highest BCUT2D eigenvalue weighted by molar-refractivity contribution is 6.03. The molecule has 3 rings (SSSR count). The Labute approximate surface area is 152 Å². The highest BCUT2D eigenvalue weighted by Gasteiger charge is 2.27. The van der Waals surface area contributed by atoms with Gasteiger partial charge in [0.25, 0.3) is 0 Å². The van der Waals surface area contributed by atoms with Gasteiger partial charge in [-0.2, -0.15) is 5.10 Å². The quantitative estimate of drug-likeness (QED) is 0.719. The van der Waals surface area contributed by atoms with Crippen LogP contribution < -0.4 is 0 Å². The molecular formula is C20H23N3O3. The van der Waals surface area contributed by atoms with Crippen molar-refractivity contribution in [2.75, 3.05) is 6.61 Å². The Morgan fingerprint density at radius 2 is 1.88 bits per heavy atom. The van der Waals surface area contributed by atoms with E-state index in [0.717, 1.165) is 11.1 Å². The molecule has 2 heterocycles. The highest BCUT2D eigenvalue weighted by atomic mass is 16.5. The normalized spacial score (nSPS) is 11.7. The van der Waals surface area contributed by atoms with Crippen LogP contribution in [0.25, 0.3) is 22.3 Å². The fourth-order valence-electron chi connectivity index (χ4n) is 2.81. The number of carbonyl (C=O) groups excluding carboxylic acids is 1. The van der Waals surface area contributed by atoms with Gasteiger partial charge in [0.05, 0.1) is 17.5 Å². The molecule has 0 saturated carbocycles. The third-order valence-electron chi connectivity index (χ3n) is 4.12. The summed E-state index contributed by atoms with van der Waals surface area (Å²) in [6, 6.07) is 7.86. The minimum atomic E-state index is -0.599. The zero-order valence-electron chi connectivity index (χ0n) is 15.7. The maximum absolute atomic E-state index is 12.2. The van der Waals surface area contributed by atoms with Crippen LogP contribution in [0.5, 0.6) is 5.75 Å². The van der Waals surface area contributed by atoms with Gasteiger partial charge in [-0.15, -0.1) is 0 Å². The van der Waals surface area contributed by atoms with Crippen LogP contribution in [0.3, 0.4) is 0 Å². The first-order chi connectivity index (χ1) is 12.2. The molecule has 0 atom stereocenters. The molecular weight excluding hydrogens is 330 g/mol. The summed E-state index contributed by atoms with van der Waals surface area (Å²) in [6.07, 6.45) is 1.35. The van der Waals surface area contributed by atoms with Gasteiger partial charge in [-0.25, -0.2) is 14.5 Å². The average molecular weight is 353 g/mol. The second-order valence-electron chi connectivity index (χ2n) is 7.24. The number of fused-ring (bicyclic) bond motifs is 1. The number of hydrogen-bond acceptors (Lipinski definition) is 5. The molecule has 2 aromatic heterocycles. The van der Waals surface area contributed by atoms with Gasteiger partial charge in [-0.05, 0) is 34.6 Å². The van der Waals surface area contributed by atoms with E-state index < -0.39 is 5.97 Å². The second kappa shape index (κ2) is 6.44. The zero-order chi connectivity index (χ0) is 19.1. The molecule has 0 radical (unpaired) electrons. The summed E-state index contributed by atoms with van der Waals surface area (Å²) < 4.78 is 6.80. The molecule has 6 heteroatoms. The van der Waals surface area contributed by atoms with E-state index >= 15 is 0 Å². The van der Waals surface area contributed by atoms with Gasteiger partial charge in [0.1, 0.15) is 17.0 Å². The number of rotatable bonds is 3. The smallest absolute Gasteiger partial charge is 0.343 e. The first-order valence-corrected chi connectivity index (χ1v) is 8.59. The van der Waals surface area contributed by atoms with E-state index in [1.54, 1.807) is 11.6 Å². The first kappa shape index (κ1) is 17.9. The topological polar surface area (TPSA) is 77.2 Å². The number of aromatic hydroxyl groups is 1. The van der Waals surface area contributed by atoms with Gasteiger partial charge in [-0.3, -0.25) is 0 Å². The van der Waals surface area contributed by atoms with E-state index in [2.05, 4.69) is 4.98 Å². The molecule has 136 valence electrons. The Kier molecular flexibility index (Phi) is 4.44. The van der Waals surface area contributed by atoms with Crippen molar-refractivity contribution in [3.63, 3.8) is 0 Å². The minimum absolute atomic E-state index is 0.0428. The maximum atomic E-state index is 12.2. The molecule has 0 unspecified atom stereocenters. The predicted octanol–water partition coefficient (Wildman–Crippen LogP) is 4.04. The number of pyridine rings is 1. The number of carbonyl (C=O) groups is 1. The molecule has 0 saturated heterocycles. The molecule has 0 bridgehead atoms. The number of aromatic nitrogens is 3. The van der Waals surface area contributed by atoms with Crippen molar-refractivity contribution in [1.82, 2.24) is 14.8 Å². The highest BCUT2D eigenvalue weighted by Crippen LogP contribution is 2.37. The van der Waals surface area contributed by atoms with E-state index in [0.29, 0.717) is 16.7 Å². The molecule has 6 nitrogen and oxygen atoms in total. The Morgan fingerprint density at radius 3 is 2.46 bits per heavy atom. The second-order valence-corrected chi connectivity index (χ2v) is 7.24. The first-order valence-electron chi connectivity index (χ1n) is 8.59. The number of ether oxygens (including phenoxy) is 1. The van der Waals surface area contributed by atoms with Crippen molar-refractivity contribution in [2.24, 2.45) is 0 Å². The van der Waals surface area contributed by atoms with Crippen molar-refractivity contribution < 1.29 is 14.6 Å². The van der Waals surface area contributed by atoms with Crippen molar-refractivity contribution in [1.29, 1.82) is 0 Å². The molecule has 1 aromatic carbocycles. The summed E-state index contributed by atoms with van der Waals surface area (Å²) >= 11 is 0. The number of hydrogen-bond donors (Lipinski definition) is 1. The fraction of sp³-hybridized carbons (Fsp3) is 0.350. The molecule has 0 spiro atoms. The third kappa shape index (κ3) is 3.03. The van der Waals surface area contributed by atoms with E-state index in [4.69, 9.17) is 9.84 Å². The van der Waals surface area contributed by atoms with Crippen LogP contribution in [0.15, 0.2) is 30.5 Å². The molecule has 0 aliphatic rings. The molecule has 0 amide bonds. The Morgan fingerprint density at radius 1 is 1.23 bits per heavy atom. The number of nitrogens with zero attached hydrogens (tertiary/aromatic N) is 3. The standard InChI is InChI=1S/C20H23N3O3/c1-6-26-19(25)14-11-21-18-15(17(14)24)16(22-23(18)20(3,4)5)13-9-7-12(2)8-10-13/h7-11H,6H2,1-5H3,(H,21,24). The minimum Gasteiger partial charge on any atom is -0.506 e. The zero-order valence-corrected chi connectivity index (χ0v) is 15.7. The van der Waals surface area contributed by atoms with Gasteiger partial charge in [0.15, 0.2) is 5.65 Å². The predicted molar refractivity (Wildman–Crippen MR) is 100 cm³/mol. The summed E-state index contributed by atoms with van der Waals surface area (Å²) in [5.41, 5.74) is 2.79. The summed E-state index contributed by atoms with van der Waals surface area (Å²) in [5, 5.41) is 16.0. The van der Waals surface area contributed by atoms with Gasteiger partial charge >= 0.3 is 5.97 Å². The number of esters is 1. The monoisotopic (exact) mass is 353 g/mol. The lowest BCUT2D eigenvalue weighted by atomic mass is 10.1. The Hall–Kier alpha value is -2.89. The summed E-state index contributed by atoms with van der Waals surface area (Å²) in [6.45, 7) is 9.98. The molecule has 0 aliphatic heterocycles. The van der Waals surface area contributed by atoms with Crippen LogP contribution in [0.4, 0.5) is 0 Å². The summed E-state index contributed by atoms with van der Waals surface area (Å²) in [4.78, 5) is 16.6. The fourth-order valence-corrected chi connectivity index (χ4v) is 2.81. The van der Waals surface area contributed by atoms with Crippen LogP contribution in [0.1, 0.15) is 43.6 Å². The van der Waals surface area contributed by atoms with Crippen molar-refractivity contribution in [2.45, 2.75) is 40.2 Å². The van der Waals surface area contributed by atoms with Gasteiger partial charge in [0, 0.05) is 11.8 Å². The largest absolute Gasteiger partial charge is 0.506 e. The van der Waals surface area contributed by atoms with Crippen LogP contribution >= 0.6 is 0 Å². The van der Waals surface area contributed by atoms with E-state index in [-0.39, 0.29) is 23.5 Å². The lowest BCUT2D eigenvalue weighted by molar-refractivity contribution is 0.0523. The summed E-state index contributed by atoms with van der Waals surface area (Å²) in [5.74, 6) is -0.753. The van der Waals surface area contributed by atoms with Crippen LogP contribution in [-0.2, 0) is 10.3 Å². The number of benzene rings is 1. The van der Waals surface area contributed by atoms with Crippen LogP contribution in [0, 0.1) is 6.92 Å². The third-order valence-corrected chi connectivity index (χ3v) is 4.12. The van der Waals surface area contributed by atoms with Crippen LogP contribution in [-0.4, -0.2) is 32.4 Å². The maximum Gasteiger partial charge on any atom is 0.343 e. The van der Waals surface area contributed by atoms with E-state index in [1.807, 2.05) is 52.0 Å². The Balaban J connectivity index is 2.33. The lowest BCUT2D eigenvalue weighted by Gasteiger charge is -2.19. The SMILES string of the molecule is CCOC(=O)c1cnc2c(c(-c3ccc(C)cc3)nn2C(C)(C)C)c1O. The Bertz CT molecular complexity index is 967. The van der Waals surface area contributed by atoms with Crippen molar-refractivity contribution in [3.8, 4) is 17.0 Å². The van der Waals surface area contributed by atoms with Crippen molar-refractivity contribution in [3.05, 3.63) is 41.6 Å². The molecule has 3 aromatic rings. The van der Waals surface area contributed by atoms with Crippen LogP contribution in [0.2, 0.25) is 0 Å². The molecule has 0 fully saturated rings. The van der Waals surface area contributed by atoms with Gasteiger partial charge in [-0.1, -0.05) is 29.8 Å². The van der Waals surface area contributed by atoms with Gasteiger partial charge in [0.2, 0.25) is 0 Å². The average Bonchev–Trinajstić information content (AvgIpc) is 2.97. The summed E-state index contributed by atoms with van der Waals surface area (Å²) in [7, 11) is 0.